The van der Waals surface area contributed by atoms with Crippen LogP contribution in [0.4, 0.5) is 0 Å². The third kappa shape index (κ3) is 5.63. The second-order valence-corrected chi connectivity index (χ2v) is 8.37. The lowest BCUT2D eigenvalue weighted by Crippen LogP contribution is -2.51. The molecule has 1 N–H and O–H groups in total. The largest absolute Gasteiger partial charge is 0.352 e. The van der Waals surface area contributed by atoms with E-state index in [2.05, 4.69) is 25.6 Å². The Kier molecular flexibility index (Phi) is 6.87. The number of aryl methyl sites for hydroxylation is 1. The van der Waals surface area contributed by atoms with Gasteiger partial charge in [-0.2, -0.15) is 4.80 Å². The molecular weight excluding hydrogens is 364 g/mol. The average molecular weight is 397 g/mol. The maximum Gasteiger partial charge on any atom is 0.220 e. The summed E-state index contributed by atoms with van der Waals surface area (Å²) in [5.41, 5.74) is 0.955. The predicted molar refractivity (Wildman–Crippen MR) is 112 cm³/mol. The molecule has 1 amide bonds. The lowest BCUT2D eigenvalue weighted by Gasteiger charge is -2.40. The van der Waals surface area contributed by atoms with Crippen molar-refractivity contribution < 1.29 is 4.79 Å². The number of carbonyl (C=O) groups is 1. The lowest BCUT2D eigenvalue weighted by atomic mass is 9.92. The quantitative estimate of drug-likeness (QED) is 0.778. The third-order valence-corrected chi connectivity index (χ3v) is 6.16. The van der Waals surface area contributed by atoms with Gasteiger partial charge in [-0.15, -0.1) is 10.2 Å². The molecule has 1 atom stereocenters. The number of likely N-dealkylation sites (tertiary alicyclic amines) is 1. The summed E-state index contributed by atoms with van der Waals surface area (Å²) in [6, 6.07) is 10.9. The highest BCUT2D eigenvalue weighted by atomic mass is 16.1. The van der Waals surface area contributed by atoms with Crippen molar-refractivity contribution in [2.45, 2.75) is 76.4 Å². The zero-order chi connectivity index (χ0) is 19.9. The standard InChI is InChI=1S/C22H32N6O/c29-21(23-19-11-7-15-27(17-19)20-12-5-2-6-13-20)14-8-16-28-25-22(24-26-28)18-9-3-1-4-10-18/h1,3-4,9-10,19-20H,2,5-8,11-17H2,(H,23,29). The average Bonchev–Trinajstić information content (AvgIpc) is 3.24. The first kappa shape index (κ1) is 20.0. The molecule has 156 valence electrons. The highest BCUT2D eigenvalue weighted by molar-refractivity contribution is 5.76. The van der Waals surface area contributed by atoms with Gasteiger partial charge in [-0.25, -0.2) is 0 Å². The number of aromatic nitrogens is 4. The van der Waals surface area contributed by atoms with Crippen LogP contribution in [-0.4, -0.2) is 56.2 Å². The second-order valence-electron chi connectivity index (χ2n) is 8.37. The van der Waals surface area contributed by atoms with Crippen LogP contribution >= 0.6 is 0 Å². The fourth-order valence-electron chi connectivity index (χ4n) is 4.62. The molecule has 1 aromatic carbocycles. The fourth-order valence-corrected chi connectivity index (χ4v) is 4.62. The highest BCUT2D eigenvalue weighted by Crippen LogP contribution is 2.25. The minimum atomic E-state index is 0.142. The number of nitrogens with one attached hydrogen (secondary N) is 1. The molecule has 4 rings (SSSR count). The van der Waals surface area contributed by atoms with Gasteiger partial charge in [-0.1, -0.05) is 49.6 Å². The van der Waals surface area contributed by atoms with Gasteiger partial charge in [-0.3, -0.25) is 9.69 Å². The molecule has 2 fully saturated rings. The number of tetrazole rings is 1. The van der Waals surface area contributed by atoms with Crippen LogP contribution in [0.2, 0.25) is 0 Å². The Morgan fingerprint density at radius 1 is 1.07 bits per heavy atom. The Morgan fingerprint density at radius 2 is 1.90 bits per heavy atom. The Morgan fingerprint density at radius 3 is 2.72 bits per heavy atom. The molecular formula is C22H32N6O. The number of carbonyl (C=O) groups excluding carboxylic acids is 1. The number of hydrogen-bond acceptors (Lipinski definition) is 5. The SMILES string of the molecule is O=C(CCCn1nnc(-c2ccccc2)n1)NC1CCCN(C2CCCCC2)C1. The normalized spacial score (nSPS) is 21.2. The molecule has 1 saturated heterocycles. The van der Waals surface area contributed by atoms with Crippen LogP contribution in [0.1, 0.15) is 57.8 Å². The number of rotatable bonds is 7. The van der Waals surface area contributed by atoms with Crippen LogP contribution in [-0.2, 0) is 11.3 Å². The van der Waals surface area contributed by atoms with Gasteiger partial charge in [0.25, 0.3) is 0 Å². The van der Waals surface area contributed by atoms with Crippen LogP contribution in [0.3, 0.4) is 0 Å². The van der Waals surface area contributed by atoms with Crippen molar-refractivity contribution in [2.24, 2.45) is 0 Å². The molecule has 7 heteroatoms. The van der Waals surface area contributed by atoms with E-state index in [0.717, 1.165) is 31.0 Å². The van der Waals surface area contributed by atoms with E-state index in [1.54, 1.807) is 4.80 Å². The fraction of sp³-hybridized carbons (Fsp3) is 0.636. The van der Waals surface area contributed by atoms with E-state index >= 15 is 0 Å². The maximum absolute atomic E-state index is 12.4. The summed E-state index contributed by atoms with van der Waals surface area (Å²) in [6.07, 6.45) is 10.3. The molecule has 2 heterocycles. The van der Waals surface area contributed by atoms with E-state index < -0.39 is 0 Å². The van der Waals surface area contributed by atoms with Gasteiger partial charge in [0, 0.05) is 30.6 Å². The van der Waals surface area contributed by atoms with Crippen molar-refractivity contribution in [3.8, 4) is 11.4 Å². The topological polar surface area (TPSA) is 75.9 Å². The van der Waals surface area contributed by atoms with Gasteiger partial charge in [0.15, 0.2) is 0 Å². The molecule has 2 aliphatic rings. The Bertz CT molecular complexity index is 771. The number of amides is 1. The van der Waals surface area contributed by atoms with E-state index in [4.69, 9.17) is 0 Å². The van der Waals surface area contributed by atoms with Crippen LogP contribution in [0, 0.1) is 0 Å². The molecule has 0 bridgehead atoms. The van der Waals surface area contributed by atoms with Gasteiger partial charge in [0.1, 0.15) is 0 Å². The van der Waals surface area contributed by atoms with Gasteiger partial charge in [-0.05, 0) is 43.9 Å². The molecule has 0 spiro atoms. The molecule has 29 heavy (non-hydrogen) atoms. The molecule has 1 saturated carbocycles. The predicted octanol–water partition coefficient (Wildman–Crippen LogP) is 3.03. The highest BCUT2D eigenvalue weighted by Gasteiger charge is 2.27. The van der Waals surface area contributed by atoms with E-state index in [-0.39, 0.29) is 5.91 Å². The summed E-state index contributed by atoms with van der Waals surface area (Å²) in [4.78, 5) is 16.6. The second kappa shape index (κ2) is 9.96. The first-order valence-corrected chi connectivity index (χ1v) is 11.1. The van der Waals surface area contributed by atoms with Gasteiger partial charge in [0.2, 0.25) is 11.7 Å². The van der Waals surface area contributed by atoms with E-state index in [0.29, 0.717) is 24.8 Å². The summed E-state index contributed by atoms with van der Waals surface area (Å²) in [6.45, 7) is 2.81. The minimum absolute atomic E-state index is 0.142. The van der Waals surface area contributed by atoms with Crippen molar-refractivity contribution in [3.05, 3.63) is 30.3 Å². The maximum atomic E-state index is 12.4. The van der Waals surface area contributed by atoms with Crippen LogP contribution in [0.25, 0.3) is 11.4 Å². The molecule has 1 aliphatic heterocycles. The van der Waals surface area contributed by atoms with Crippen LogP contribution < -0.4 is 5.32 Å². The van der Waals surface area contributed by atoms with Crippen molar-refractivity contribution in [2.75, 3.05) is 13.1 Å². The van der Waals surface area contributed by atoms with E-state index in [1.807, 2.05) is 30.3 Å². The van der Waals surface area contributed by atoms with E-state index in [9.17, 15) is 4.79 Å². The smallest absolute Gasteiger partial charge is 0.220 e. The van der Waals surface area contributed by atoms with Crippen LogP contribution in [0.15, 0.2) is 30.3 Å². The number of piperidine rings is 1. The first-order valence-electron chi connectivity index (χ1n) is 11.1. The van der Waals surface area contributed by atoms with Gasteiger partial charge in [0.05, 0.1) is 6.54 Å². The molecule has 1 aromatic heterocycles. The minimum Gasteiger partial charge on any atom is -0.352 e. The first-order chi connectivity index (χ1) is 14.3. The third-order valence-electron chi connectivity index (χ3n) is 6.16. The van der Waals surface area contributed by atoms with Gasteiger partial charge < -0.3 is 5.32 Å². The summed E-state index contributed by atoms with van der Waals surface area (Å²) >= 11 is 0. The van der Waals surface area contributed by atoms with Crippen molar-refractivity contribution in [1.82, 2.24) is 30.4 Å². The Labute approximate surface area is 172 Å². The summed E-state index contributed by atoms with van der Waals surface area (Å²) in [7, 11) is 0. The van der Waals surface area contributed by atoms with E-state index in [1.165, 1.54) is 45.1 Å². The lowest BCUT2D eigenvalue weighted by molar-refractivity contribution is -0.122. The molecule has 1 aliphatic carbocycles. The molecule has 1 unspecified atom stereocenters. The number of nitrogens with zero attached hydrogens (tertiary/aromatic N) is 5. The van der Waals surface area contributed by atoms with Crippen LogP contribution in [0.5, 0.6) is 0 Å². The summed E-state index contributed by atoms with van der Waals surface area (Å²) < 4.78 is 0. The molecule has 0 radical (unpaired) electrons. The Hall–Kier alpha value is -2.28. The number of benzene rings is 1. The monoisotopic (exact) mass is 396 g/mol. The Balaban J connectivity index is 1.19. The molecule has 2 aromatic rings. The van der Waals surface area contributed by atoms with Gasteiger partial charge >= 0.3 is 0 Å². The van der Waals surface area contributed by atoms with Crippen molar-refractivity contribution >= 4 is 5.91 Å². The molecule has 7 nitrogen and oxygen atoms in total. The zero-order valence-electron chi connectivity index (χ0n) is 17.2. The summed E-state index contributed by atoms with van der Waals surface area (Å²) in [5.74, 6) is 0.768. The summed E-state index contributed by atoms with van der Waals surface area (Å²) in [5, 5.41) is 15.9. The zero-order valence-corrected chi connectivity index (χ0v) is 17.2. The van der Waals surface area contributed by atoms with Crippen molar-refractivity contribution in [3.63, 3.8) is 0 Å². The van der Waals surface area contributed by atoms with Crippen molar-refractivity contribution in [1.29, 1.82) is 0 Å². The number of hydrogen-bond donors (Lipinski definition) is 1.